The lowest BCUT2D eigenvalue weighted by molar-refractivity contribution is -0.870. The molecule has 0 fully saturated rings. The maximum Gasteiger partial charge on any atom is 0.306 e. The number of hydrogen-bond donors (Lipinski definition) is 0. The Hall–Kier alpha value is -1.02. The predicted octanol–water partition coefficient (Wildman–Crippen LogP) is 16.1. The fourth-order valence-corrected chi connectivity index (χ4v) is 8.54. The number of unbranched alkanes of at least 4 members (excludes halogenated alkanes) is 33. The summed E-state index contributed by atoms with van der Waals surface area (Å²) in [6.45, 7) is 5.44. The van der Waals surface area contributed by atoms with Crippen LogP contribution in [0, 0.1) is 0 Å². The van der Waals surface area contributed by atoms with Crippen LogP contribution in [0.1, 0.15) is 258 Å². The van der Waals surface area contributed by atoms with Gasteiger partial charge in [-0.05, 0) is 44.9 Å². The molecule has 0 aromatic rings. The van der Waals surface area contributed by atoms with Gasteiger partial charge in [0.1, 0.15) is 19.3 Å². The highest BCUT2D eigenvalue weighted by Gasteiger charge is 2.20. The number of esters is 1. The van der Waals surface area contributed by atoms with Crippen LogP contribution in [0.5, 0.6) is 0 Å². The molecule has 0 aliphatic rings. The number of likely N-dealkylation sites (N-methyl/N-ethyl adjacent to an activating group) is 1. The van der Waals surface area contributed by atoms with E-state index in [1.807, 2.05) is 21.1 Å². The second-order valence-electron chi connectivity index (χ2n) is 19.6. The third-order valence-corrected chi connectivity index (χ3v) is 13.0. The van der Waals surface area contributed by atoms with Crippen LogP contribution >= 0.6 is 7.82 Å². The Bertz CT molecular complexity index is 1060. The fraction of sp³-hybridized carbons (Fsp3) is 0.907. The van der Waals surface area contributed by atoms with Crippen molar-refractivity contribution in [3.05, 3.63) is 24.3 Å². The summed E-state index contributed by atoms with van der Waals surface area (Å²) in [6, 6.07) is 0. The first kappa shape index (κ1) is 62.0. The topological polar surface area (TPSA) is 94.1 Å². The summed E-state index contributed by atoms with van der Waals surface area (Å²) in [5.74, 6) is -0.330. The van der Waals surface area contributed by atoms with E-state index in [4.69, 9.17) is 18.5 Å². The van der Waals surface area contributed by atoms with Gasteiger partial charge in [0.05, 0.1) is 34.4 Å². The van der Waals surface area contributed by atoms with Gasteiger partial charge in [-0.25, -0.2) is 0 Å². The summed E-state index contributed by atoms with van der Waals surface area (Å²) in [5, 5.41) is 0. The van der Waals surface area contributed by atoms with Crippen molar-refractivity contribution in [2.45, 2.75) is 264 Å². The molecule has 0 heterocycles. The molecule has 63 heavy (non-hydrogen) atoms. The van der Waals surface area contributed by atoms with Gasteiger partial charge in [-0.15, -0.1) is 0 Å². The molecule has 0 aromatic carbocycles. The van der Waals surface area contributed by atoms with E-state index in [1.165, 1.54) is 199 Å². The van der Waals surface area contributed by atoms with Gasteiger partial charge >= 0.3 is 5.97 Å². The average Bonchev–Trinajstić information content (AvgIpc) is 3.24. The van der Waals surface area contributed by atoms with Crippen LogP contribution in [-0.2, 0) is 27.9 Å². The van der Waals surface area contributed by atoms with Crippen molar-refractivity contribution >= 4 is 13.8 Å². The van der Waals surface area contributed by atoms with Crippen LogP contribution in [0.4, 0.5) is 0 Å². The molecule has 0 saturated carbocycles. The highest BCUT2D eigenvalue weighted by atomic mass is 31.2. The van der Waals surface area contributed by atoms with E-state index in [0.29, 0.717) is 24.1 Å². The molecular formula is C54H106NO7P. The minimum atomic E-state index is -4.53. The summed E-state index contributed by atoms with van der Waals surface area (Å²) in [7, 11) is 1.37. The standard InChI is InChI=1S/C54H106NO7P/c1-6-8-10-12-14-16-18-20-22-24-26-27-28-29-31-33-35-37-39-41-43-45-47-54(56)62-53(52-61-63(57,58)60-50-48-55(3,4)5)51-59-49-46-44-42-40-38-36-34-32-30-25-23-21-19-17-15-13-11-9-7-2/h17,19,23,25,53H,6-16,18,20-22,24,26-52H2,1-5H3/b19-17-,25-23-. The van der Waals surface area contributed by atoms with Crippen molar-refractivity contribution in [1.82, 2.24) is 0 Å². The Morgan fingerprint density at radius 1 is 0.492 bits per heavy atom. The van der Waals surface area contributed by atoms with Gasteiger partial charge in [-0.1, -0.05) is 231 Å². The highest BCUT2D eigenvalue weighted by Crippen LogP contribution is 2.38. The Labute approximate surface area is 392 Å². The molecule has 0 aliphatic heterocycles. The van der Waals surface area contributed by atoms with Crippen LogP contribution in [0.15, 0.2) is 24.3 Å². The van der Waals surface area contributed by atoms with Gasteiger partial charge < -0.3 is 27.9 Å². The first-order chi connectivity index (χ1) is 30.6. The zero-order chi connectivity index (χ0) is 46.2. The molecule has 0 N–H and O–H groups in total. The van der Waals surface area contributed by atoms with Gasteiger partial charge in [-0.3, -0.25) is 9.36 Å². The molecule has 0 amide bonds. The molecule has 374 valence electrons. The van der Waals surface area contributed by atoms with E-state index in [9.17, 15) is 14.3 Å². The van der Waals surface area contributed by atoms with Crippen LogP contribution in [0.25, 0.3) is 0 Å². The number of phosphoric ester groups is 1. The Morgan fingerprint density at radius 3 is 1.30 bits per heavy atom. The predicted molar refractivity (Wildman–Crippen MR) is 268 cm³/mol. The maximum atomic E-state index is 12.8. The lowest BCUT2D eigenvalue weighted by Gasteiger charge is -2.28. The summed E-state index contributed by atoms with van der Waals surface area (Å²) in [4.78, 5) is 25.2. The molecule has 0 aliphatic carbocycles. The van der Waals surface area contributed by atoms with Gasteiger partial charge in [0, 0.05) is 13.0 Å². The van der Waals surface area contributed by atoms with E-state index in [0.717, 1.165) is 38.5 Å². The summed E-state index contributed by atoms with van der Waals surface area (Å²) >= 11 is 0. The monoisotopic (exact) mass is 912 g/mol. The zero-order valence-corrected chi connectivity index (χ0v) is 43.4. The molecule has 0 saturated heterocycles. The largest absolute Gasteiger partial charge is 0.756 e. The van der Waals surface area contributed by atoms with E-state index < -0.39 is 13.9 Å². The zero-order valence-electron chi connectivity index (χ0n) is 42.5. The third kappa shape index (κ3) is 51.8. The lowest BCUT2D eigenvalue weighted by atomic mass is 10.0. The van der Waals surface area contributed by atoms with Crippen molar-refractivity contribution in [1.29, 1.82) is 0 Å². The van der Waals surface area contributed by atoms with Crippen molar-refractivity contribution in [2.24, 2.45) is 0 Å². The summed E-state index contributed by atoms with van der Waals surface area (Å²) in [6.07, 6.45) is 56.3. The second-order valence-corrected chi connectivity index (χ2v) is 21.0. The molecule has 0 bridgehead atoms. The fourth-order valence-electron chi connectivity index (χ4n) is 7.81. The van der Waals surface area contributed by atoms with Crippen molar-refractivity contribution in [3.8, 4) is 0 Å². The van der Waals surface area contributed by atoms with Gasteiger partial charge in [0.15, 0.2) is 0 Å². The first-order valence-electron chi connectivity index (χ1n) is 27.1. The number of ether oxygens (including phenoxy) is 2. The van der Waals surface area contributed by atoms with E-state index in [1.54, 1.807) is 0 Å². The molecule has 2 unspecified atom stereocenters. The highest BCUT2D eigenvalue weighted by molar-refractivity contribution is 7.45. The Balaban J connectivity index is 4.08. The quantitative estimate of drug-likeness (QED) is 0.0197. The minimum Gasteiger partial charge on any atom is -0.756 e. The van der Waals surface area contributed by atoms with Crippen LogP contribution in [0.2, 0.25) is 0 Å². The molecule has 9 heteroatoms. The van der Waals surface area contributed by atoms with Crippen LogP contribution in [0.3, 0.4) is 0 Å². The number of phosphoric acid groups is 1. The van der Waals surface area contributed by atoms with Gasteiger partial charge in [0.2, 0.25) is 0 Å². The second kappa shape index (κ2) is 47.5. The third-order valence-electron chi connectivity index (χ3n) is 12.0. The van der Waals surface area contributed by atoms with Crippen LogP contribution in [-0.4, -0.2) is 70.7 Å². The Kier molecular flexibility index (Phi) is 46.7. The summed E-state index contributed by atoms with van der Waals surface area (Å²) in [5.41, 5.74) is 0. The van der Waals surface area contributed by atoms with Gasteiger partial charge in [0.25, 0.3) is 7.82 Å². The minimum absolute atomic E-state index is 0.0273. The van der Waals surface area contributed by atoms with Crippen LogP contribution < -0.4 is 4.89 Å². The normalized spacial score (nSPS) is 13.7. The summed E-state index contributed by atoms with van der Waals surface area (Å²) < 4.78 is 34.8. The maximum absolute atomic E-state index is 12.8. The molecule has 0 radical (unpaired) electrons. The van der Waals surface area contributed by atoms with Crippen molar-refractivity contribution < 1.29 is 37.3 Å². The number of carbonyl (C=O) groups excluding carboxylic acids is 1. The number of carbonyl (C=O) groups is 1. The molecule has 0 rings (SSSR count). The molecule has 2 atom stereocenters. The number of hydrogen-bond acceptors (Lipinski definition) is 7. The Morgan fingerprint density at radius 2 is 0.873 bits per heavy atom. The molecule has 0 spiro atoms. The van der Waals surface area contributed by atoms with E-state index in [2.05, 4.69) is 38.2 Å². The number of nitrogens with zero attached hydrogens (tertiary/aromatic N) is 1. The first-order valence-corrected chi connectivity index (χ1v) is 28.5. The van der Waals surface area contributed by atoms with Crippen molar-refractivity contribution in [3.63, 3.8) is 0 Å². The number of quaternary nitrogens is 1. The van der Waals surface area contributed by atoms with Crippen molar-refractivity contribution in [2.75, 3.05) is 54.1 Å². The molecule has 8 nitrogen and oxygen atoms in total. The van der Waals surface area contributed by atoms with E-state index in [-0.39, 0.29) is 25.8 Å². The number of allylic oxidation sites excluding steroid dienone is 4. The molecular weight excluding hydrogens is 806 g/mol. The lowest BCUT2D eigenvalue weighted by Crippen LogP contribution is -2.37. The average molecular weight is 912 g/mol. The molecule has 0 aromatic heterocycles. The van der Waals surface area contributed by atoms with E-state index >= 15 is 0 Å². The SMILES string of the molecule is CCCCCC/C=C\C/C=C\CCCCCCCCCCOCC(COP(=O)([O-])OCC[N+](C)(C)C)OC(=O)CCCCCCCCCCCCCCCCCCCCCCCC. The number of rotatable bonds is 51. The smallest absolute Gasteiger partial charge is 0.306 e. The van der Waals surface area contributed by atoms with Gasteiger partial charge in [-0.2, -0.15) is 0 Å².